The Morgan fingerprint density at radius 1 is 1.26 bits per heavy atom. The van der Waals surface area contributed by atoms with Gasteiger partial charge in [0.15, 0.2) is 0 Å². The number of aliphatic carboxylic acids is 1. The van der Waals surface area contributed by atoms with Crippen LogP contribution in [0.3, 0.4) is 0 Å². The highest BCUT2D eigenvalue weighted by molar-refractivity contribution is 5.68. The fraction of sp³-hybridized carbons (Fsp3) is 0.857. The van der Waals surface area contributed by atoms with Crippen molar-refractivity contribution in [2.45, 2.75) is 71.9 Å². The third-order valence-electron chi connectivity index (χ3n) is 2.42. The first-order chi connectivity index (χ1) is 8.60. The highest BCUT2D eigenvalue weighted by Crippen LogP contribution is 2.13. The van der Waals surface area contributed by atoms with Gasteiger partial charge in [-0.05, 0) is 46.0 Å². The Labute approximate surface area is 115 Å². The predicted octanol–water partition coefficient (Wildman–Crippen LogP) is 3.18. The van der Waals surface area contributed by atoms with Gasteiger partial charge in [-0.1, -0.05) is 13.8 Å². The van der Waals surface area contributed by atoms with Gasteiger partial charge in [0.2, 0.25) is 0 Å². The number of alkyl carbamates (subject to hydrolysis) is 1. The van der Waals surface area contributed by atoms with Crippen LogP contribution in [-0.4, -0.2) is 28.8 Å². The number of ether oxygens (including phenoxy) is 1. The van der Waals surface area contributed by atoms with Gasteiger partial charge >= 0.3 is 12.1 Å². The SMILES string of the molecule is CC(C)C[C@@H](CCCC(=O)O)NC(=O)OC(C)(C)C. The number of amides is 1. The third-order valence-corrected chi connectivity index (χ3v) is 2.42. The molecule has 0 aliphatic rings. The smallest absolute Gasteiger partial charge is 0.407 e. The third kappa shape index (κ3) is 11.6. The number of hydrogen-bond donors (Lipinski definition) is 2. The highest BCUT2D eigenvalue weighted by Gasteiger charge is 2.20. The van der Waals surface area contributed by atoms with E-state index < -0.39 is 17.7 Å². The molecule has 0 rings (SSSR count). The van der Waals surface area contributed by atoms with Gasteiger partial charge in [0.1, 0.15) is 5.60 Å². The first-order valence-electron chi connectivity index (χ1n) is 6.81. The van der Waals surface area contributed by atoms with Gasteiger partial charge in [0.05, 0.1) is 0 Å². The molecule has 1 atom stereocenters. The molecule has 0 spiro atoms. The monoisotopic (exact) mass is 273 g/mol. The molecule has 5 heteroatoms. The number of nitrogens with one attached hydrogen (secondary N) is 1. The minimum Gasteiger partial charge on any atom is -0.481 e. The van der Waals surface area contributed by atoms with Gasteiger partial charge in [-0.3, -0.25) is 4.79 Å². The summed E-state index contributed by atoms with van der Waals surface area (Å²) in [6, 6.07) is -0.0331. The Morgan fingerprint density at radius 3 is 2.26 bits per heavy atom. The maximum Gasteiger partial charge on any atom is 0.407 e. The molecule has 0 aromatic rings. The Hall–Kier alpha value is -1.26. The van der Waals surface area contributed by atoms with E-state index in [2.05, 4.69) is 19.2 Å². The molecule has 2 N–H and O–H groups in total. The van der Waals surface area contributed by atoms with E-state index in [4.69, 9.17) is 9.84 Å². The van der Waals surface area contributed by atoms with Crippen molar-refractivity contribution in [2.75, 3.05) is 0 Å². The van der Waals surface area contributed by atoms with Crippen LogP contribution in [0.15, 0.2) is 0 Å². The van der Waals surface area contributed by atoms with Crippen LogP contribution in [0.2, 0.25) is 0 Å². The average Bonchev–Trinajstić information content (AvgIpc) is 2.11. The lowest BCUT2D eigenvalue weighted by atomic mass is 9.99. The van der Waals surface area contributed by atoms with Crippen molar-refractivity contribution in [3.05, 3.63) is 0 Å². The van der Waals surface area contributed by atoms with Gasteiger partial charge in [0, 0.05) is 12.5 Å². The Bertz CT molecular complexity index is 294. The number of carbonyl (C=O) groups excluding carboxylic acids is 1. The van der Waals surface area contributed by atoms with Crippen LogP contribution >= 0.6 is 0 Å². The quantitative estimate of drug-likeness (QED) is 0.747. The van der Waals surface area contributed by atoms with Crippen molar-refractivity contribution in [3.63, 3.8) is 0 Å². The number of carbonyl (C=O) groups is 2. The largest absolute Gasteiger partial charge is 0.481 e. The second kappa shape index (κ2) is 8.02. The Kier molecular flexibility index (Phi) is 7.49. The fourth-order valence-electron chi connectivity index (χ4n) is 1.79. The average molecular weight is 273 g/mol. The summed E-state index contributed by atoms with van der Waals surface area (Å²) in [6.45, 7) is 9.58. The van der Waals surface area contributed by atoms with E-state index in [1.165, 1.54) is 0 Å². The molecular weight excluding hydrogens is 246 g/mol. The fourth-order valence-corrected chi connectivity index (χ4v) is 1.79. The molecule has 19 heavy (non-hydrogen) atoms. The van der Waals surface area contributed by atoms with Gasteiger partial charge < -0.3 is 15.2 Å². The summed E-state index contributed by atoms with van der Waals surface area (Å²) in [7, 11) is 0. The van der Waals surface area contributed by atoms with Gasteiger partial charge in [-0.15, -0.1) is 0 Å². The summed E-state index contributed by atoms with van der Waals surface area (Å²) < 4.78 is 5.21. The zero-order valence-corrected chi connectivity index (χ0v) is 12.7. The first kappa shape index (κ1) is 17.7. The van der Waals surface area contributed by atoms with Crippen LogP contribution in [0, 0.1) is 5.92 Å². The standard InChI is InChI=1S/C14H27NO4/c1-10(2)9-11(7-6-8-12(16)17)15-13(18)19-14(3,4)5/h10-11H,6-9H2,1-5H3,(H,15,18)(H,16,17)/t11-/m1/s1. The molecule has 0 unspecified atom stereocenters. The molecule has 0 radical (unpaired) electrons. The molecule has 0 aliphatic carbocycles. The number of carboxylic acid groups (broad SMARTS) is 1. The van der Waals surface area contributed by atoms with Gasteiger partial charge in [-0.25, -0.2) is 4.79 Å². The van der Waals surface area contributed by atoms with Crippen LogP contribution in [0.5, 0.6) is 0 Å². The Balaban J connectivity index is 4.26. The minimum atomic E-state index is -0.805. The van der Waals surface area contributed by atoms with E-state index >= 15 is 0 Å². The zero-order valence-electron chi connectivity index (χ0n) is 12.7. The summed E-state index contributed by atoms with van der Waals surface area (Å²) in [4.78, 5) is 22.2. The molecule has 0 aromatic carbocycles. The summed E-state index contributed by atoms with van der Waals surface area (Å²) in [5.74, 6) is -0.370. The summed E-state index contributed by atoms with van der Waals surface area (Å²) in [5, 5.41) is 11.5. The normalized spacial score (nSPS) is 13.2. The summed E-state index contributed by atoms with van der Waals surface area (Å²) >= 11 is 0. The second-order valence-corrected chi connectivity index (χ2v) is 6.26. The van der Waals surface area contributed by atoms with Crippen molar-refractivity contribution >= 4 is 12.1 Å². The predicted molar refractivity (Wildman–Crippen MR) is 74.1 cm³/mol. The molecule has 0 aromatic heterocycles. The number of hydrogen-bond acceptors (Lipinski definition) is 3. The van der Waals surface area contributed by atoms with Gasteiger partial charge in [0.25, 0.3) is 0 Å². The van der Waals surface area contributed by atoms with Crippen LogP contribution < -0.4 is 5.32 Å². The molecule has 0 saturated carbocycles. The summed E-state index contributed by atoms with van der Waals surface area (Å²) in [6.07, 6.45) is 1.73. The van der Waals surface area contributed by atoms with Crippen molar-refractivity contribution in [2.24, 2.45) is 5.92 Å². The lowest BCUT2D eigenvalue weighted by Crippen LogP contribution is -2.39. The molecule has 0 saturated heterocycles. The molecule has 5 nitrogen and oxygen atoms in total. The van der Waals surface area contributed by atoms with Crippen LogP contribution in [0.25, 0.3) is 0 Å². The maximum absolute atomic E-state index is 11.7. The summed E-state index contributed by atoms with van der Waals surface area (Å²) in [5.41, 5.74) is -0.520. The van der Waals surface area contributed by atoms with E-state index in [0.29, 0.717) is 18.8 Å². The van der Waals surface area contributed by atoms with Crippen LogP contribution in [0.4, 0.5) is 4.79 Å². The Morgan fingerprint density at radius 2 is 1.84 bits per heavy atom. The van der Waals surface area contributed by atoms with Crippen molar-refractivity contribution in [3.8, 4) is 0 Å². The minimum absolute atomic E-state index is 0.0331. The molecule has 0 aliphatic heterocycles. The lowest BCUT2D eigenvalue weighted by Gasteiger charge is -2.24. The molecule has 112 valence electrons. The zero-order chi connectivity index (χ0) is 15.1. The second-order valence-electron chi connectivity index (χ2n) is 6.26. The van der Waals surface area contributed by atoms with Crippen LogP contribution in [0.1, 0.15) is 60.3 Å². The first-order valence-corrected chi connectivity index (χ1v) is 6.81. The van der Waals surface area contributed by atoms with Crippen molar-refractivity contribution in [1.82, 2.24) is 5.32 Å². The number of rotatable bonds is 7. The van der Waals surface area contributed by atoms with E-state index in [1.54, 1.807) is 0 Å². The molecule has 1 amide bonds. The highest BCUT2D eigenvalue weighted by atomic mass is 16.6. The maximum atomic E-state index is 11.7. The molecule has 0 bridgehead atoms. The molecule has 0 heterocycles. The molecule has 0 fully saturated rings. The van der Waals surface area contributed by atoms with Crippen molar-refractivity contribution < 1.29 is 19.4 Å². The van der Waals surface area contributed by atoms with Crippen LogP contribution in [-0.2, 0) is 9.53 Å². The number of carboxylic acids is 1. The lowest BCUT2D eigenvalue weighted by molar-refractivity contribution is -0.137. The van der Waals surface area contributed by atoms with E-state index in [-0.39, 0.29) is 12.5 Å². The van der Waals surface area contributed by atoms with E-state index in [0.717, 1.165) is 6.42 Å². The molecular formula is C14H27NO4. The van der Waals surface area contributed by atoms with Crippen molar-refractivity contribution in [1.29, 1.82) is 0 Å². The van der Waals surface area contributed by atoms with E-state index in [1.807, 2.05) is 20.8 Å². The van der Waals surface area contributed by atoms with Gasteiger partial charge in [-0.2, -0.15) is 0 Å². The van der Waals surface area contributed by atoms with E-state index in [9.17, 15) is 9.59 Å². The topological polar surface area (TPSA) is 75.6 Å².